The lowest BCUT2D eigenvalue weighted by Gasteiger charge is -2.06. The minimum atomic E-state index is -0.511. The zero-order chi connectivity index (χ0) is 12.8. The van der Waals surface area contributed by atoms with Crippen LogP contribution in [-0.4, -0.2) is 17.0 Å². The molecule has 17 heavy (non-hydrogen) atoms. The largest absolute Gasteiger partial charge is 0.345 e. The van der Waals surface area contributed by atoms with Gasteiger partial charge in [-0.2, -0.15) is 0 Å². The maximum absolute atomic E-state index is 11.1. The van der Waals surface area contributed by atoms with E-state index in [9.17, 15) is 14.9 Å². The van der Waals surface area contributed by atoms with E-state index in [0.717, 1.165) is 6.20 Å². The number of nitrogens with one attached hydrogen (secondary N) is 1. The summed E-state index contributed by atoms with van der Waals surface area (Å²) in [4.78, 5) is 20.9. The third kappa shape index (κ3) is 4.28. The van der Waals surface area contributed by atoms with Crippen LogP contribution in [0.4, 0.5) is 5.69 Å². The monoisotopic (exact) mass is 252 g/mol. The number of hydrogen-bond donors (Lipinski definition) is 1. The highest BCUT2D eigenvalue weighted by Crippen LogP contribution is 2.17. The molecular formula is C11H12N2O3S. The number of benzene rings is 1. The van der Waals surface area contributed by atoms with Gasteiger partial charge in [-0.15, -0.1) is 11.8 Å². The highest BCUT2D eigenvalue weighted by Gasteiger charge is 2.03. The lowest BCUT2D eigenvalue weighted by atomic mass is 10.1. The Hall–Kier alpha value is -1.82. The lowest BCUT2D eigenvalue weighted by molar-refractivity contribution is -0.402. The highest BCUT2D eigenvalue weighted by molar-refractivity contribution is 8.02. The van der Waals surface area contributed by atoms with Crippen LogP contribution in [0.5, 0.6) is 0 Å². The third-order valence-corrected chi connectivity index (χ3v) is 2.65. The van der Waals surface area contributed by atoms with Crippen molar-refractivity contribution in [3.63, 3.8) is 0 Å². The van der Waals surface area contributed by atoms with E-state index in [1.165, 1.54) is 18.7 Å². The fourth-order valence-electron chi connectivity index (χ4n) is 1.16. The molecule has 1 N–H and O–H groups in total. The van der Waals surface area contributed by atoms with Crippen molar-refractivity contribution in [1.82, 2.24) is 0 Å². The van der Waals surface area contributed by atoms with E-state index in [1.54, 1.807) is 30.5 Å². The van der Waals surface area contributed by atoms with E-state index in [0.29, 0.717) is 16.3 Å². The summed E-state index contributed by atoms with van der Waals surface area (Å²) in [7, 11) is 0. The Kier molecular flexibility index (Phi) is 4.71. The van der Waals surface area contributed by atoms with Crippen LogP contribution in [0, 0.1) is 10.1 Å². The number of anilines is 1. The molecular weight excluding hydrogens is 240 g/mol. The molecule has 0 aliphatic rings. The van der Waals surface area contributed by atoms with E-state index >= 15 is 0 Å². The summed E-state index contributed by atoms with van der Waals surface area (Å²) in [5.41, 5.74) is 1.32. The topological polar surface area (TPSA) is 72.2 Å². The number of Topliss-reactive ketones (excluding diaryl/α,β-unsaturated/α-hetero) is 1. The summed E-state index contributed by atoms with van der Waals surface area (Å²) in [6.07, 6.45) is 2.65. The molecule has 0 heterocycles. The van der Waals surface area contributed by atoms with Crippen LogP contribution >= 0.6 is 11.8 Å². The molecule has 1 rings (SSSR count). The van der Waals surface area contributed by atoms with Crippen molar-refractivity contribution in [2.75, 3.05) is 11.6 Å². The van der Waals surface area contributed by atoms with Gasteiger partial charge in [-0.1, -0.05) is 0 Å². The number of nitrogens with zero attached hydrogens (tertiary/aromatic N) is 1. The molecule has 0 radical (unpaired) electrons. The maximum Gasteiger partial charge on any atom is 0.264 e. The van der Waals surface area contributed by atoms with Gasteiger partial charge in [0.25, 0.3) is 6.20 Å². The van der Waals surface area contributed by atoms with Crippen molar-refractivity contribution in [3.05, 3.63) is 51.2 Å². The van der Waals surface area contributed by atoms with E-state index in [1.807, 2.05) is 0 Å². The Morgan fingerprint density at radius 1 is 1.41 bits per heavy atom. The molecule has 5 nitrogen and oxygen atoms in total. The van der Waals surface area contributed by atoms with Gasteiger partial charge in [0.05, 0.1) is 4.92 Å². The van der Waals surface area contributed by atoms with E-state index in [-0.39, 0.29) is 5.78 Å². The molecule has 0 amide bonds. The van der Waals surface area contributed by atoms with Gasteiger partial charge in [0.2, 0.25) is 0 Å². The second kappa shape index (κ2) is 6.05. The number of rotatable bonds is 5. The molecule has 0 aliphatic heterocycles. The molecule has 0 saturated heterocycles. The van der Waals surface area contributed by atoms with Gasteiger partial charge in [0.15, 0.2) is 5.78 Å². The normalized spacial score (nSPS) is 11.1. The van der Waals surface area contributed by atoms with Crippen molar-refractivity contribution in [2.45, 2.75) is 6.92 Å². The predicted molar refractivity (Wildman–Crippen MR) is 68.7 cm³/mol. The first kappa shape index (κ1) is 13.2. The minimum absolute atomic E-state index is 0.0116. The first-order chi connectivity index (χ1) is 8.02. The van der Waals surface area contributed by atoms with Gasteiger partial charge in [-0.05, 0) is 37.4 Å². The highest BCUT2D eigenvalue weighted by atomic mass is 32.2. The van der Waals surface area contributed by atoms with Gasteiger partial charge in [-0.25, -0.2) is 0 Å². The SMILES string of the molecule is CSC(=C[N+](=O)[O-])Nc1ccc(C(C)=O)cc1. The molecule has 0 fully saturated rings. The molecule has 6 heteroatoms. The van der Waals surface area contributed by atoms with Gasteiger partial charge in [0, 0.05) is 11.3 Å². The second-order valence-corrected chi connectivity index (χ2v) is 4.09. The third-order valence-electron chi connectivity index (χ3n) is 2.00. The summed E-state index contributed by atoms with van der Waals surface area (Å²) in [5.74, 6) is -0.0116. The summed E-state index contributed by atoms with van der Waals surface area (Å²) in [5, 5.41) is 13.7. The molecule has 0 atom stereocenters. The predicted octanol–water partition coefficient (Wildman–Crippen LogP) is 2.74. The Balaban J connectivity index is 2.81. The zero-order valence-corrected chi connectivity index (χ0v) is 10.3. The van der Waals surface area contributed by atoms with E-state index in [4.69, 9.17) is 0 Å². The fraction of sp³-hybridized carbons (Fsp3) is 0.182. The van der Waals surface area contributed by atoms with Gasteiger partial charge >= 0.3 is 0 Å². The molecule has 0 aliphatic carbocycles. The smallest absolute Gasteiger partial charge is 0.264 e. The van der Waals surface area contributed by atoms with Crippen LogP contribution < -0.4 is 5.32 Å². The first-order valence-corrected chi connectivity index (χ1v) is 6.02. The van der Waals surface area contributed by atoms with E-state index in [2.05, 4.69) is 5.32 Å². The number of ketones is 1. The van der Waals surface area contributed by atoms with Crippen molar-refractivity contribution < 1.29 is 9.72 Å². The summed E-state index contributed by atoms with van der Waals surface area (Å²) < 4.78 is 0. The molecule has 0 spiro atoms. The molecule has 0 unspecified atom stereocenters. The van der Waals surface area contributed by atoms with Gasteiger partial charge < -0.3 is 5.32 Å². The maximum atomic E-state index is 11.1. The molecule has 0 saturated carbocycles. The lowest BCUT2D eigenvalue weighted by Crippen LogP contribution is -1.99. The average Bonchev–Trinajstić information content (AvgIpc) is 2.28. The van der Waals surface area contributed by atoms with Crippen molar-refractivity contribution in [1.29, 1.82) is 0 Å². The Morgan fingerprint density at radius 2 is 2.00 bits per heavy atom. The second-order valence-electron chi connectivity index (χ2n) is 3.24. The van der Waals surface area contributed by atoms with Crippen molar-refractivity contribution in [2.24, 2.45) is 0 Å². The Morgan fingerprint density at radius 3 is 2.41 bits per heavy atom. The zero-order valence-electron chi connectivity index (χ0n) is 9.47. The molecule has 1 aromatic rings. The molecule has 0 bridgehead atoms. The number of hydrogen-bond acceptors (Lipinski definition) is 5. The summed E-state index contributed by atoms with van der Waals surface area (Å²) in [6.45, 7) is 1.49. The van der Waals surface area contributed by atoms with Crippen LogP contribution in [-0.2, 0) is 0 Å². The standard InChI is InChI=1S/C11H12N2O3S/c1-8(14)9-3-5-10(6-4-9)12-11(17-2)7-13(15)16/h3-7,12H,1-2H3. The fourth-order valence-corrected chi connectivity index (χ4v) is 1.57. The number of thioether (sulfide) groups is 1. The summed E-state index contributed by atoms with van der Waals surface area (Å²) >= 11 is 1.24. The molecule has 0 aromatic heterocycles. The van der Waals surface area contributed by atoms with Gasteiger partial charge in [0.1, 0.15) is 5.03 Å². The van der Waals surface area contributed by atoms with Crippen molar-refractivity contribution in [3.8, 4) is 0 Å². The van der Waals surface area contributed by atoms with Crippen LogP contribution in [0.25, 0.3) is 0 Å². The number of carbonyl (C=O) groups is 1. The van der Waals surface area contributed by atoms with Crippen LogP contribution in [0.15, 0.2) is 35.5 Å². The van der Waals surface area contributed by atoms with Crippen LogP contribution in [0.2, 0.25) is 0 Å². The summed E-state index contributed by atoms with van der Waals surface area (Å²) in [6, 6.07) is 6.77. The first-order valence-electron chi connectivity index (χ1n) is 4.80. The molecule has 1 aromatic carbocycles. The average molecular weight is 252 g/mol. The molecule has 90 valence electrons. The van der Waals surface area contributed by atoms with Crippen LogP contribution in [0.3, 0.4) is 0 Å². The Bertz CT molecular complexity index is 454. The van der Waals surface area contributed by atoms with Crippen molar-refractivity contribution >= 4 is 23.2 Å². The number of carbonyl (C=O) groups excluding carboxylic acids is 1. The van der Waals surface area contributed by atoms with Crippen LogP contribution in [0.1, 0.15) is 17.3 Å². The van der Waals surface area contributed by atoms with E-state index < -0.39 is 4.92 Å². The van der Waals surface area contributed by atoms with Gasteiger partial charge in [-0.3, -0.25) is 14.9 Å². The Labute approximate surface area is 103 Å². The quantitative estimate of drug-likeness (QED) is 0.495. The number of nitro groups is 1. The minimum Gasteiger partial charge on any atom is -0.345 e.